The summed E-state index contributed by atoms with van der Waals surface area (Å²) in [7, 11) is 0. The SMILES string of the molecule is CCC(C)(O)CNCCc1ccc(Cl)s1. The smallest absolute Gasteiger partial charge is 0.0931 e. The first-order valence-corrected chi connectivity index (χ1v) is 6.40. The molecule has 0 radical (unpaired) electrons. The lowest BCUT2D eigenvalue weighted by Crippen LogP contribution is -2.37. The third kappa shape index (κ3) is 4.98. The summed E-state index contributed by atoms with van der Waals surface area (Å²) >= 11 is 7.44. The second-order valence-corrected chi connectivity index (χ2v) is 5.78. The highest BCUT2D eigenvalue weighted by Gasteiger charge is 2.15. The molecule has 1 heterocycles. The summed E-state index contributed by atoms with van der Waals surface area (Å²) in [4.78, 5) is 1.28. The summed E-state index contributed by atoms with van der Waals surface area (Å²) in [6.45, 7) is 5.36. The Morgan fingerprint density at radius 3 is 2.80 bits per heavy atom. The van der Waals surface area contributed by atoms with Gasteiger partial charge in [0.25, 0.3) is 0 Å². The van der Waals surface area contributed by atoms with Gasteiger partial charge in [-0.15, -0.1) is 11.3 Å². The van der Waals surface area contributed by atoms with Gasteiger partial charge in [0.2, 0.25) is 0 Å². The number of aliphatic hydroxyl groups is 1. The van der Waals surface area contributed by atoms with Crippen molar-refractivity contribution in [2.75, 3.05) is 13.1 Å². The number of hydrogen-bond acceptors (Lipinski definition) is 3. The summed E-state index contributed by atoms with van der Waals surface area (Å²) in [5.41, 5.74) is -0.590. The Bertz CT molecular complexity index is 299. The highest BCUT2D eigenvalue weighted by molar-refractivity contribution is 7.16. The average Bonchev–Trinajstić information content (AvgIpc) is 2.59. The number of thiophene rings is 1. The maximum atomic E-state index is 9.74. The molecule has 0 aliphatic heterocycles. The first kappa shape index (κ1) is 13.0. The predicted molar refractivity (Wildman–Crippen MR) is 66.8 cm³/mol. The fourth-order valence-corrected chi connectivity index (χ4v) is 2.27. The second-order valence-electron chi connectivity index (χ2n) is 3.98. The van der Waals surface area contributed by atoms with Gasteiger partial charge in [-0.05, 0) is 31.9 Å². The van der Waals surface area contributed by atoms with E-state index in [1.165, 1.54) is 4.88 Å². The van der Waals surface area contributed by atoms with Crippen molar-refractivity contribution in [3.05, 3.63) is 21.3 Å². The monoisotopic (exact) mass is 247 g/mol. The van der Waals surface area contributed by atoms with Crippen molar-refractivity contribution in [2.24, 2.45) is 0 Å². The molecule has 0 aliphatic carbocycles. The van der Waals surface area contributed by atoms with Crippen LogP contribution >= 0.6 is 22.9 Å². The Labute approximate surface area is 100 Å². The first-order chi connectivity index (χ1) is 7.03. The molecule has 1 aromatic rings. The molecular weight excluding hydrogens is 230 g/mol. The van der Waals surface area contributed by atoms with Crippen LogP contribution in [0.3, 0.4) is 0 Å². The van der Waals surface area contributed by atoms with E-state index in [1.807, 2.05) is 26.0 Å². The molecule has 4 heteroatoms. The van der Waals surface area contributed by atoms with E-state index in [-0.39, 0.29) is 0 Å². The lowest BCUT2D eigenvalue weighted by Gasteiger charge is -2.21. The van der Waals surface area contributed by atoms with Crippen molar-refractivity contribution in [1.82, 2.24) is 5.32 Å². The van der Waals surface area contributed by atoms with Crippen LogP contribution in [0.2, 0.25) is 4.34 Å². The van der Waals surface area contributed by atoms with Gasteiger partial charge in [0.05, 0.1) is 9.94 Å². The summed E-state index contributed by atoms with van der Waals surface area (Å²) in [5.74, 6) is 0. The largest absolute Gasteiger partial charge is 0.389 e. The van der Waals surface area contributed by atoms with Gasteiger partial charge < -0.3 is 10.4 Å². The summed E-state index contributed by atoms with van der Waals surface area (Å²) < 4.78 is 0.838. The molecule has 0 aromatic carbocycles. The maximum Gasteiger partial charge on any atom is 0.0931 e. The van der Waals surface area contributed by atoms with Crippen LogP contribution in [-0.4, -0.2) is 23.8 Å². The Kier molecular flexibility index (Phi) is 5.06. The summed E-state index contributed by atoms with van der Waals surface area (Å²) in [6.07, 6.45) is 1.74. The topological polar surface area (TPSA) is 32.3 Å². The van der Waals surface area contributed by atoms with Gasteiger partial charge in [-0.2, -0.15) is 0 Å². The Hall–Kier alpha value is -0.0900. The standard InChI is InChI=1S/C11H18ClNOS/c1-3-11(2,14)8-13-7-6-9-4-5-10(12)15-9/h4-5,13-14H,3,6-8H2,1-2H3. The third-order valence-corrected chi connectivity index (χ3v) is 3.74. The predicted octanol–water partition coefficient (Wildman–Crippen LogP) is 2.69. The molecule has 15 heavy (non-hydrogen) atoms. The minimum Gasteiger partial charge on any atom is -0.389 e. The Balaban J connectivity index is 2.17. The summed E-state index contributed by atoms with van der Waals surface area (Å²) in [6, 6.07) is 3.97. The van der Waals surface area contributed by atoms with Crippen molar-refractivity contribution < 1.29 is 5.11 Å². The molecule has 0 fully saturated rings. The van der Waals surface area contributed by atoms with Crippen molar-refractivity contribution >= 4 is 22.9 Å². The van der Waals surface area contributed by atoms with E-state index in [1.54, 1.807) is 11.3 Å². The van der Waals surface area contributed by atoms with Gasteiger partial charge in [-0.3, -0.25) is 0 Å². The average molecular weight is 248 g/mol. The van der Waals surface area contributed by atoms with Crippen LogP contribution in [-0.2, 0) is 6.42 Å². The molecule has 1 rings (SSSR count). The number of rotatable bonds is 6. The van der Waals surface area contributed by atoms with Crippen LogP contribution in [0.5, 0.6) is 0 Å². The molecule has 2 nitrogen and oxygen atoms in total. The second kappa shape index (κ2) is 5.85. The number of halogens is 1. The number of nitrogens with one attached hydrogen (secondary N) is 1. The summed E-state index contributed by atoms with van der Waals surface area (Å²) in [5, 5.41) is 13.0. The fraction of sp³-hybridized carbons (Fsp3) is 0.636. The number of hydrogen-bond donors (Lipinski definition) is 2. The zero-order chi connectivity index (χ0) is 11.3. The zero-order valence-electron chi connectivity index (χ0n) is 9.22. The highest BCUT2D eigenvalue weighted by atomic mass is 35.5. The van der Waals surface area contributed by atoms with Crippen LogP contribution in [0, 0.1) is 0 Å². The minimum absolute atomic E-state index is 0.590. The molecule has 1 unspecified atom stereocenters. The molecule has 86 valence electrons. The van der Waals surface area contributed by atoms with Crippen molar-refractivity contribution in [3.8, 4) is 0 Å². The van der Waals surface area contributed by atoms with Gasteiger partial charge in [-0.25, -0.2) is 0 Å². The Morgan fingerprint density at radius 1 is 1.53 bits per heavy atom. The van der Waals surface area contributed by atoms with Crippen molar-refractivity contribution in [2.45, 2.75) is 32.3 Å². The molecule has 0 aliphatic rings. The third-order valence-electron chi connectivity index (χ3n) is 2.44. The Morgan fingerprint density at radius 2 is 2.27 bits per heavy atom. The van der Waals surface area contributed by atoms with Gasteiger partial charge in [0, 0.05) is 18.0 Å². The highest BCUT2D eigenvalue weighted by Crippen LogP contribution is 2.21. The first-order valence-electron chi connectivity index (χ1n) is 5.21. The van der Waals surface area contributed by atoms with E-state index in [9.17, 15) is 5.11 Å². The zero-order valence-corrected chi connectivity index (χ0v) is 10.8. The molecule has 0 saturated heterocycles. The molecule has 1 aromatic heterocycles. The molecule has 0 spiro atoms. The molecule has 0 bridgehead atoms. The molecule has 0 amide bonds. The quantitative estimate of drug-likeness (QED) is 0.758. The normalized spacial score (nSPS) is 15.2. The maximum absolute atomic E-state index is 9.74. The van der Waals surface area contributed by atoms with Crippen LogP contribution < -0.4 is 5.32 Å². The van der Waals surface area contributed by atoms with Gasteiger partial charge in [-0.1, -0.05) is 18.5 Å². The van der Waals surface area contributed by atoms with Gasteiger partial charge in [0.1, 0.15) is 0 Å². The minimum atomic E-state index is -0.590. The van der Waals surface area contributed by atoms with Gasteiger partial charge in [0.15, 0.2) is 0 Å². The van der Waals surface area contributed by atoms with E-state index >= 15 is 0 Å². The molecular formula is C11H18ClNOS. The molecule has 2 N–H and O–H groups in total. The van der Waals surface area contributed by atoms with Crippen LogP contribution in [0.1, 0.15) is 25.1 Å². The fourth-order valence-electron chi connectivity index (χ4n) is 1.18. The van der Waals surface area contributed by atoms with Gasteiger partial charge >= 0.3 is 0 Å². The van der Waals surface area contributed by atoms with E-state index in [4.69, 9.17) is 11.6 Å². The van der Waals surface area contributed by atoms with Crippen molar-refractivity contribution in [3.63, 3.8) is 0 Å². The van der Waals surface area contributed by atoms with Crippen LogP contribution in [0.15, 0.2) is 12.1 Å². The van der Waals surface area contributed by atoms with E-state index in [0.717, 1.165) is 23.7 Å². The lowest BCUT2D eigenvalue weighted by molar-refractivity contribution is 0.0562. The van der Waals surface area contributed by atoms with E-state index in [0.29, 0.717) is 6.54 Å². The molecule has 0 saturated carbocycles. The van der Waals surface area contributed by atoms with Crippen LogP contribution in [0.4, 0.5) is 0 Å². The molecule has 1 atom stereocenters. The van der Waals surface area contributed by atoms with E-state index < -0.39 is 5.60 Å². The lowest BCUT2D eigenvalue weighted by atomic mass is 10.0. The van der Waals surface area contributed by atoms with E-state index in [2.05, 4.69) is 5.32 Å². The van der Waals surface area contributed by atoms with Crippen molar-refractivity contribution in [1.29, 1.82) is 0 Å². The van der Waals surface area contributed by atoms with Crippen LogP contribution in [0.25, 0.3) is 0 Å².